The van der Waals surface area contributed by atoms with Crippen molar-refractivity contribution >= 4 is 11.9 Å². The highest BCUT2D eigenvalue weighted by Crippen LogP contribution is 2.10. The van der Waals surface area contributed by atoms with Crippen molar-refractivity contribution in [3.05, 3.63) is 83.9 Å². The van der Waals surface area contributed by atoms with Crippen LogP contribution in [0.5, 0.6) is 0 Å². The average molecular weight is 333 g/mol. The van der Waals surface area contributed by atoms with Gasteiger partial charge in [0.05, 0.1) is 0 Å². The van der Waals surface area contributed by atoms with Gasteiger partial charge in [0, 0.05) is 38.7 Å². The van der Waals surface area contributed by atoms with Gasteiger partial charge < -0.3 is 10.2 Å². The predicted octanol–water partition coefficient (Wildman–Crippen LogP) is 2.44. The normalized spacial score (nSPS) is 10.3. The van der Waals surface area contributed by atoms with E-state index in [1.807, 2.05) is 54.4 Å². The predicted molar refractivity (Wildman–Crippen MR) is 96.0 cm³/mol. The molecule has 0 bridgehead atoms. The summed E-state index contributed by atoms with van der Waals surface area (Å²) >= 11 is 0. The second-order valence-corrected chi connectivity index (χ2v) is 5.62. The standard InChI is InChI=1S/C19H19N5O/c1-24(14-16-5-3-2-4-6-16)19-21-12-9-17(23-19)18(25)22-13-15-7-10-20-11-8-15/h2-12H,13-14H2,1H3,(H,22,25). The first kappa shape index (κ1) is 16.6. The van der Waals surface area contributed by atoms with Crippen LogP contribution in [-0.2, 0) is 13.1 Å². The number of rotatable bonds is 6. The Bertz CT molecular complexity index is 823. The van der Waals surface area contributed by atoms with E-state index < -0.39 is 0 Å². The van der Waals surface area contributed by atoms with Crippen LogP contribution >= 0.6 is 0 Å². The summed E-state index contributed by atoms with van der Waals surface area (Å²) in [5, 5.41) is 2.86. The van der Waals surface area contributed by atoms with Crippen LogP contribution in [0.2, 0.25) is 0 Å². The molecule has 0 aliphatic carbocycles. The number of anilines is 1. The first-order valence-electron chi connectivity index (χ1n) is 7.97. The van der Waals surface area contributed by atoms with E-state index in [4.69, 9.17) is 0 Å². The number of hydrogen-bond acceptors (Lipinski definition) is 5. The van der Waals surface area contributed by atoms with Crippen LogP contribution in [0.15, 0.2) is 67.1 Å². The maximum absolute atomic E-state index is 12.3. The Labute approximate surface area is 146 Å². The molecule has 3 rings (SSSR count). The summed E-state index contributed by atoms with van der Waals surface area (Å²) < 4.78 is 0. The van der Waals surface area contributed by atoms with Crippen molar-refractivity contribution in [1.82, 2.24) is 20.3 Å². The van der Waals surface area contributed by atoms with Crippen molar-refractivity contribution in [2.24, 2.45) is 0 Å². The van der Waals surface area contributed by atoms with Gasteiger partial charge in [-0.3, -0.25) is 9.78 Å². The van der Waals surface area contributed by atoms with Crippen molar-refractivity contribution in [2.75, 3.05) is 11.9 Å². The number of hydrogen-bond donors (Lipinski definition) is 1. The molecule has 0 unspecified atom stereocenters. The monoisotopic (exact) mass is 333 g/mol. The van der Waals surface area contributed by atoms with Crippen LogP contribution in [0.1, 0.15) is 21.6 Å². The number of nitrogens with zero attached hydrogens (tertiary/aromatic N) is 4. The summed E-state index contributed by atoms with van der Waals surface area (Å²) in [5.41, 5.74) is 2.49. The van der Waals surface area contributed by atoms with Crippen LogP contribution in [0.3, 0.4) is 0 Å². The van der Waals surface area contributed by atoms with Gasteiger partial charge in [-0.05, 0) is 29.3 Å². The molecule has 0 saturated carbocycles. The van der Waals surface area contributed by atoms with Gasteiger partial charge in [0.1, 0.15) is 5.69 Å². The Morgan fingerprint density at radius 1 is 1.00 bits per heavy atom. The molecule has 0 saturated heterocycles. The molecule has 2 heterocycles. The summed E-state index contributed by atoms with van der Waals surface area (Å²) in [6.45, 7) is 1.10. The molecular formula is C19H19N5O. The number of aromatic nitrogens is 3. The van der Waals surface area contributed by atoms with Crippen LogP contribution in [0.25, 0.3) is 0 Å². The lowest BCUT2D eigenvalue weighted by Crippen LogP contribution is -2.25. The van der Waals surface area contributed by atoms with Crippen LogP contribution < -0.4 is 10.2 Å². The molecule has 6 heteroatoms. The Morgan fingerprint density at radius 3 is 2.52 bits per heavy atom. The maximum atomic E-state index is 12.3. The molecule has 3 aromatic rings. The minimum atomic E-state index is -0.228. The number of nitrogens with one attached hydrogen (secondary N) is 1. The van der Waals surface area contributed by atoms with Gasteiger partial charge in [0.15, 0.2) is 0 Å². The fourth-order valence-corrected chi connectivity index (χ4v) is 2.36. The smallest absolute Gasteiger partial charge is 0.270 e. The second kappa shape index (κ2) is 8.01. The quantitative estimate of drug-likeness (QED) is 0.750. The van der Waals surface area contributed by atoms with Crippen molar-refractivity contribution in [3.63, 3.8) is 0 Å². The molecule has 0 atom stereocenters. The van der Waals surface area contributed by atoms with Crippen molar-refractivity contribution in [3.8, 4) is 0 Å². The van der Waals surface area contributed by atoms with Gasteiger partial charge >= 0.3 is 0 Å². The zero-order valence-corrected chi connectivity index (χ0v) is 14.0. The van der Waals surface area contributed by atoms with Crippen LogP contribution in [-0.4, -0.2) is 27.9 Å². The number of amides is 1. The van der Waals surface area contributed by atoms with Gasteiger partial charge in [-0.15, -0.1) is 0 Å². The van der Waals surface area contributed by atoms with Crippen molar-refractivity contribution < 1.29 is 4.79 Å². The van der Waals surface area contributed by atoms with E-state index in [0.29, 0.717) is 24.7 Å². The lowest BCUT2D eigenvalue weighted by atomic mass is 10.2. The van der Waals surface area contributed by atoms with Crippen molar-refractivity contribution in [2.45, 2.75) is 13.1 Å². The first-order chi connectivity index (χ1) is 12.2. The van der Waals surface area contributed by atoms with Crippen LogP contribution in [0.4, 0.5) is 5.95 Å². The van der Waals surface area contributed by atoms with Gasteiger partial charge in [-0.2, -0.15) is 0 Å². The largest absolute Gasteiger partial charge is 0.347 e. The number of carbonyl (C=O) groups is 1. The zero-order valence-electron chi connectivity index (χ0n) is 14.0. The Balaban J connectivity index is 1.65. The highest BCUT2D eigenvalue weighted by molar-refractivity contribution is 5.92. The summed E-state index contributed by atoms with van der Waals surface area (Å²) in [6, 6.07) is 15.4. The number of benzene rings is 1. The van der Waals surface area contributed by atoms with E-state index in [9.17, 15) is 4.79 Å². The molecule has 2 aromatic heterocycles. The molecule has 6 nitrogen and oxygen atoms in total. The molecule has 0 radical (unpaired) electrons. The maximum Gasteiger partial charge on any atom is 0.270 e. The molecule has 0 aliphatic rings. The topological polar surface area (TPSA) is 71.0 Å². The molecule has 1 N–H and O–H groups in total. The molecule has 0 aliphatic heterocycles. The molecule has 0 fully saturated rings. The molecule has 1 amide bonds. The fourth-order valence-electron chi connectivity index (χ4n) is 2.36. The Kier molecular flexibility index (Phi) is 5.31. The third-order valence-corrected chi connectivity index (χ3v) is 3.68. The highest BCUT2D eigenvalue weighted by Gasteiger charge is 2.11. The van der Waals surface area contributed by atoms with Gasteiger partial charge in [0.2, 0.25) is 5.95 Å². The van der Waals surface area contributed by atoms with E-state index in [0.717, 1.165) is 11.1 Å². The lowest BCUT2D eigenvalue weighted by molar-refractivity contribution is 0.0946. The van der Waals surface area contributed by atoms with E-state index in [1.54, 1.807) is 24.7 Å². The third-order valence-electron chi connectivity index (χ3n) is 3.68. The SMILES string of the molecule is CN(Cc1ccccc1)c1nccc(C(=O)NCc2ccncc2)n1. The summed E-state index contributed by atoms with van der Waals surface area (Å²) in [7, 11) is 1.90. The minimum absolute atomic E-state index is 0.228. The summed E-state index contributed by atoms with van der Waals surface area (Å²) in [4.78, 5) is 26.8. The van der Waals surface area contributed by atoms with Gasteiger partial charge in [0.25, 0.3) is 5.91 Å². The molecule has 25 heavy (non-hydrogen) atoms. The van der Waals surface area contributed by atoms with Crippen LogP contribution in [0, 0.1) is 0 Å². The number of carbonyl (C=O) groups excluding carboxylic acids is 1. The van der Waals surface area contributed by atoms with E-state index in [2.05, 4.69) is 20.3 Å². The second-order valence-electron chi connectivity index (χ2n) is 5.62. The summed E-state index contributed by atoms with van der Waals surface area (Å²) in [5.74, 6) is 0.286. The fraction of sp³-hybridized carbons (Fsp3) is 0.158. The minimum Gasteiger partial charge on any atom is -0.347 e. The lowest BCUT2D eigenvalue weighted by Gasteiger charge is -2.17. The van der Waals surface area contributed by atoms with E-state index >= 15 is 0 Å². The molecule has 126 valence electrons. The molecule has 1 aromatic carbocycles. The highest BCUT2D eigenvalue weighted by atomic mass is 16.1. The van der Waals surface area contributed by atoms with Gasteiger partial charge in [-0.25, -0.2) is 9.97 Å². The summed E-state index contributed by atoms with van der Waals surface area (Å²) in [6.07, 6.45) is 5.00. The van der Waals surface area contributed by atoms with Crippen molar-refractivity contribution in [1.29, 1.82) is 0 Å². The Hall–Kier alpha value is -3.28. The third kappa shape index (κ3) is 4.60. The first-order valence-corrected chi connectivity index (χ1v) is 7.97. The molecule has 0 spiro atoms. The zero-order chi connectivity index (χ0) is 17.5. The number of pyridine rings is 1. The Morgan fingerprint density at radius 2 is 1.76 bits per heavy atom. The van der Waals surface area contributed by atoms with E-state index in [-0.39, 0.29) is 5.91 Å². The van der Waals surface area contributed by atoms with E-state index in [1.165, 1.54) is 0 Å². The molecular weight excluding hydrogens is 314 g/mol. The average Bonchev–Trinajstić information content (AvgIpc) is 2.68. The van der Waals surface area contributed by atoms with Gasteiger partial charge in [-0.1, -0.05) is 30.3 Å².